The van der Waals surface area contributed by atoms with Crippen molar-refractivity contribution in [3.63, 3.8) is 0 Å². The second-order valence-electron chi connectivity index (χ2n) is 15.6. The summed E-state index contributed by atoms with van der Waals surface area (Å²) < 4.78 is 2.43. The van der Waals surface area contributed by atoms with Gasteiger partial charge in [0.25, 0.3) is 0 Å². The van der Waals surface area contributed by atoms with Crippen molar-refractivity contribution in [1.29, 1.82) is 0 Å². The molecule has 1 aliphatic carbocycles. The van der Waals surface area contributed by atoms with E-state index in [1.807, 2.05) is 6.20 Å². The fraction of sp³-hybridized carbons (Fsp3) is 0.0364. The van der Waals surface area contributed by atoms with Crippen LogP contribution in [-0.2, 0) is 5.41 Å². The lowest BCUT2D eigenvalue weighted by Gasteiger charge is -2.32. The highest BCUT2D eigenvalue weighted by molar-refractivity contribution is 6.18. The molecule has 4 heteroatoms. The van der Waals surface area contributed by atoms with E-state index >= 15 is 0 Å². The zero-order valence-electron chi connectivity index (χ0n) is 32.2. The van der Waals surface area contributed by atoms with Gasteiger partial charge in [-0.3, -0.25) is 4.98 Å². The molecule has 0 saturated heterocycles. The molecule has 0 bridgehead atoms. The Balaban J connectivity index is 0.962. The Labute approximate surface area is 343 Å². The first-order valence-electron chi connectivity index (χ1n) is 20.3. The summed E-state index contributed by atoms with van der Waals surface area (Å²) in [6.07, 6.45) is 1.95. The maximum Gasteiger partial charge on any atom is 0.130 e. The first-order valence-corrected chi connectivity index (χ1v) is 20.3. The van der Waals surface area contributed by atoms with Gasteiger partial charge >= 0.3 is 0 Å². The summed E-state index contributed by atoms with van der Waals surface area (Å²) in [4.78, 5) is 7.60. The molecule has 8 aromatic carbocycles. The van der Waals surface area contributed by atoms with Gasteiger partial charge in [-0.2, -0.15) is 0 Å². The van der Waals surface area contributed by atoms with Gasteiger partial charge in [-0.1, -0.05) is 158 Å². The van der Waals surface area contributed by atoms with Crippen molar-refractivity contribution in [2.45, 2.75) is 11.6 Å². The smallest absolute Gasteiger partial charge is 0.130 e. The van der Waals surface area contributed by atoms with Crippen LogP contribution in [0.3, 0.4) is 0 Å². The predicted octanol–water partition coefficient (Wildman–Crippen LogP) is 13.5. The average molecular weight is 755 g/mol. The van der Waals surface area contributed by atoms with Crippen LogP contribution in [0.1, 0.15) is 34.1 Å². The van der Waals surface area contributed by atoms with Crippen LogP contribution in [0.4, 0.5) is 17.1 Å². The summed E-state index contributed by atoms with van der Waals surface area (Å²) in [5, 5.41) is 6.26. The topological polar surface area (TPSA) is 33.1 Å². The lowest BCUT2D eigenvalue weighted by atomic mass is 9.69. The van der Waals surface area contributed by atoms with Crippen LogP contribution >= 0.6 is 0 Å². The minimum Gasteiger partial charge on any atom is -0.359 e. The van der Waals surface area contributed by atoms with Crippen LogP contribution in [0.25, 0.3) is 49.7 Å². The van der Waals surface area contributed by atoms with Gasteiger partial charge in [0.15, 0.2) is 0 Å². The van der Waals surface area contributed by atoms with Crippen molar-refractivity contribution in [3.8, 4) is 27.9 Å². The van der Waals surface area contributed by atoms with E-state index in [1.165, 1.54) is 72.0 Å². The van der Waals surface area contributed by atoms with Crippen molar-refractivity contribution >= 4 is 38.9 Å². The predicted molar refractivity (Wildman–Crippen MR) is 243 cm³/mol. The maximum absolute atomic E-state index is 5.21. The van der Waals surface area contributed by atoms with E-state index in [4.69, 9.17) is 4.98 Å². The Morgan fingerprint density at radius 1 is 0.492 bits per heavy atom. The first kappa shape index (κ1) is 33.4. The molecule has 1 aliphatic heterocycles. The van der Waals surface area contributed by atoms with Gasteiger partial charge in [0, 0.05) is 33.9 Å². The maximum atomic E-state index is 5.21. The zero-order valence-corrected chi connectivity index (χ0v) is 32.2. The fourth-order valence-corrected chi connectivity index (χ4v) is 10.0. The number of rotatable bonds is 6. The Morgan fingerprint density at radius 2 is 1.12 bits per heavy atom. The van der Waals surface area contributed by atoms with Crippen LogP contribution < -0.4 is 10.2 Å². The average Bonchev–Trinajstić information content (AvgIpc) is 3.97. The Kier molecular flexibility index (Phi) is 7.48. The Morgan fingerprint density at radius 3 is 1.85 bits per heavy atom. The van der Waals surface area contributed by atoms with Gasteiger partial charge in [-0.05, 0) is 93.5 Å². The van der Waals surface area contributed by atoms with E-state index in [9.17, 15) is 0 Å². The quantitative estimate of drug-likeness (QED) is 0.183. The summed E-state index contributed by atoms with van der Waals surface area (Å²) >= 11 is 0. The van der Waals surface area contributed by atoms with Crippen molar-refractivity contribution in [2.24, 2.45) is 0 Å². The molecule has 4 nitrogen and oxygen atoms in total. The number of nitrogens with one attached hydrogen (secondary N) is 1. The molecular weight excluding hydrogens is 717 g/mol. The van der Waals surface area contributed by atoms with Gasteiger partial charge in [-0.15, -0.1) is 0 Å². The number of aromatic nitrogens is 2. The molecule has 0 saturated carbocycles. The van der Waals surface area contributed by atoms with Crippen LogP contribution in [0, 0.1) is 0 Å². The molecular formula is C55H38N4. The first-order chi connectivity index (χ1) is 29.3. The normalized spacial score (nSPS) is 14.8. The number of para-hydroxylation sites is 4. The van der Waals surface area contributed by atoms with Crippen LogP contribution in [-0.4, -0.2) is 9.55 Å². The van der Waals surface area contributed by atoms with Gasteiger partial charge in [0.05, 0.1) is 33.5 Å². The Bertz CT molecular complexity index is 3130. The number of hydrogen-bond acceptors (Lipinski definition) is 3. The SMILES string of the molecule is c1ccc(N2c3ccccc3NC2c2ccc(-c3ccc(-n4c5ccccc5c5c6c(ccc54)C(c4ccccc4)(c4ccccc4)c4ncccc4-6)cc3)cc2)cc1. The summed E-state index contributed by atoms with van der Waals surface area (Å²) in [6, 6.07) is 76.9. The van der Waals surface area contributed by atoms with Gasteiger partial charge in [-0.25, -0.2) is 0 Å². The number of anilines is 3. The molecule has 0 amide bonds. The van der Waals surface area contributed by atoms with Crippen molar-refractivity contribution < 1.29 is 0 Å². The van der Waals surface area contributed by atoms with Gasteiger partial charge in [0.2, 0.25) is 0 Å². The molecule has 2 aliphatic rings. The molecule has 1 N–H and O–H groups in total. The molecule has 1 unspecified atom stereocenters. The molecule has 0 radical (unpaired) electrons. The van der Waals surface area contributed by atoms with Crippen LogP contribution in [0.5, 0.6) is 0 Å². The number of nitrogens with zero attached hydrogens (tertiary/aromatic N) is 3. The van der Waals surface area contributed by atoms with E-state index in [2.05, 4.69) is 227 Å². The van der Waals surface area contributed by atoms with Crippen molar-refractivity contribution in [3.05, 3.63) is 246 Å². The molecule has 59 heavy (non-hydrogen) atoms. The molecule has 278 valence electrons. The fourth-order valence-electron chi connectivity index (χ4n) is 10.0. The minimum absolute atomic E-state index is 0.00346. The molecule has 1 atom stereocenters. The highest BCUT2D eigenvalue weighted by atomic mass is 15.3. The van der Waals surface area contributed by atoms with Gasteiger partial charge < -0.3 is 14.8 Å². The number of hydrogen-bond donors (Lipinski definition) is 1. The molecule has 3 heterocycles. The highest BCUT2D eigenvalue weighted by Gasteiger charge is 2.48. The minimum atomic E-state index is -0.555. The number of pyridine rings is 1. The molecule has 0 spiro atoms. The third-order valence-electron chi connectivity index (χ3n) is 12.5. The Hall–Kier alpha value is -7.69. The third-order valence-corrected chi connectivity index (χ3v) is 12.5. The summed E-state index contributed by atoms with van der Waals surface area (Å²) in [5.41, 5.74) is 17.2. The van der Waals surface area contributed by atoms with Crippen molar-refractivity contribution in [2.75, 3.05) is 10.2 Å². The third kappa shape index (κ3) is 4.93. The number of benzene rings is 8. The summed E-state index contributed by atoms with van der Waals surface area (Å²) in [6.45, 7) is 0. The molecule has 2 aromatic heterocycles. The number of fused-ring (bicyclic) bond motifs is 8. The van der Waals surface area contributed by atoms with Crippen LogP contribution in [0.2, 0.25) is 0 Å². The molecule has 12 rings (SSSR count). The van der Waals surface area contributed by atoms with E-state index < -0.39 is 5.41 Å². The lowest BCUT2D eigenvalue weighted by Crippen LogP contribution is -2.29. The van der Waals surface area contributed by atoms with E-state index in [0.29, 0.717) is 0 Å². The summed E-state index contributed by atoms with van der Waals surface area (Å²) in [5.74, 6) is 0. The van der Waals surface area contributed by atoms with Crippen molar-refractivity contribution in [1.82, 2.24) is 9.55 Å². The lowest BCUT2D eigenvalue weighted by molar-refractivity contribution is 0.738. The largest absolute Gasteiger partial charge is 0.359 e. The van der Waals surface area contributed by atoms with E-state index in [-0.39, 0.29) is 6.17 Å². The van der Waals surface area contributed by atoms with Gasteiger partial charge in [0.1, 0.15) is 6.17 Å². The standard InChI is InChI=1S/C55H38N4/c1-4-15-40(16-5-1)55(41-17-6-2-7-18-41)46-34-35-50-52(51(46)45-22-14-36-56-53(45)55)44-21-10-12-24-48(44)58(50)43-32-30-38(31-33-43)37-26-28-39(29-27-37)54-57-47-23-11-13-25-49(47)59(54)42-19-8-3-9-20-42/h1-36,54,57H. The van der Waals surface area contributed by atoms with E-state index in [0.717, 1.165) is 22.8 Å². The summed E-state index contributed by atoms with van der Waals surface area (Å²) in [7, 11) is 0. The second-order valence-corrected chi connectivity index (χ2v) is 15.6. The monoisotopic (exact) mass is 754 g/mol. The van der Waals surface area contributed by atoms with E-state index in [1.54, 1.807) is 0 Å². The molecule has 0 fully saturated rings. The second kappa shape index (κ2) is 13.2. The molecule has 10 aromatic rings. The van der Waals surface area contributed by atoms with Crippen LogP contribution in [0.15, 0.2) is 219 Å². The highest BCUT2D eigenvalue weighted by Crippen LogP contribution is 2.58. The zero-order chi connectivity index (χ0) is 38.9.